The van der Waals surface area contributed by atoms with E-state index in [1.807, 2.05) is 12.1 Å². The minimum atomic E-state index is 0. The van der Waals surface area contributed by atoms with Gasteiger partial charge in [0.1, 0.15) is 0 Å². The molecule has 2 heterocycles. The molecule has 0 amide bonds. The van der Waals surface area contributed by atoms with Gasteiger partial charge < -0.3 is 69.3 Å². The van der Waals surface area contributed by atoms with Crippen molar-refractivity contribution in [3.8, 4) is 0 Å². The van der Waals surface area contributed by atoms with E-state index in [-0.39, 0.29) is 17.1 Å². The number of nitrogens with zero attached hydrogens (tertiary/aromatic N) is 4. The van der Waals surface area contributed by atoms with Gasteiger partial charge in [0.05, 0.1) is 0 Å². The van der Waals surface area contributed by atoms with Gasteiger partial charge >= 0.3 is 17.1 Å². The molecule has 165 valence electrons. The predicted molar refractivity (Wildman–Crippen MR) is 140 cm³/mol. The standard InChI is InChI=1S/2C11H14N2S2.Mn/c2*14-11(15)13-8-6-12(7-9-13)10-4-2-1-3-5-10;/h2*1-5H,6-9H2,(H,14,15);/q;;+2/p-2. The molecule has 0 spiro atoms. The van der Waals surface area contributed by atoms with Gasteiger partial charge in [-0.25, -0.2) is 0 Å². The molecular formula is C22H26MnN4S4. The van der Waals surface area contributed by atoms with Crippen LogP contribution in [-0.2, 0) is 42.3 Å². The van der Waals surface area contributed by atoms with Crippen LogP contribution in [0.5, 0.6) is 0 Å². The van der Waals surface area contributed by atoms with Crippen LogP contribution < -0.4 is 9.80 Å². The Morgan fingerprint density at radius 2 is 0.839 bits per heavy atom. The van der Waals surface area contributed by atoms with Gasteiger partial charge in [-0.3, -0.25) is 0 Å². The Hall–Kier alpha value is -1.22. The normalized spacial score (nSPS) is 16.0. The first kappa shape index (κ1) is 26.0. The van der Waals surface area contributed by atoms with Crippen molar-refractivity contribution in [2.24, 2.45) is 0 Å². The van der Waals surface area contributed by atoms with Crippen LogP contribution >= 0.6 is 24.4 Å². The number of benzene rings is 2. The van der Waals surface area contributed by atoms with Gasteiger partial charge in [0.15, 0.2) is 0 Å². The minimum Gasteiger partial charge on any atom is -0.411 e. The fraction of sp³-hybridized carbons (Fsp3) is 0.364. The summed E-state index contributed by atoms with van der Waals surface area (Å²) in [7, 11) is 0. The molecule has 2 fully saturated rings. The number of thiocarbonyl (C=S) groups is 2. The first-order valence-electron chi connectivity index (χ1n) is 10.1. The molecule has 0 aromatic heterocycles. The largest absolute Gasteiger partial charge is 2.00 e. The topological polar surface area (TPSA) is 13.0 Å². The van der Waals surface area contributed by atoms with Crippen molar-refractivity contribution in [2.75, 3.05) is 62.2 Å². The van der Waals surface area contributed by atoms with E-state index in [0.29, 0.717) is 8.64 Å². The van der Waals surface area contributed by atoms with Gasteiger partial charge in [-0.05, 0) is 24.3 Å². The van der Waals surface area contributed by atoms with Crippen LogP contribution in [0, 0.1) is 0 Å². The van der Waals surface area contributed by atoms with E-state index in [1.54, 1.807) is 0 Å². The fourth-order valence-corrected chi connectivity index (χ4v) is 4.30. The van der Waals surface area contributed by atoms with Gasteiger partial charge in [-0.1, -0.05) is 45.0 Å². The first-order valence-corrected chi connectivity index (χ1v) is 11.7. The van der Waals surface area contributed by atoms with Gasteiger partial charge in [-0.2, -0.15) is 0 Å². The molecule has 0 bridgehead atoms. The van der Waals surface area contributed by atoms with Crippen molar-refractivity contribution >= 4 is 69.7 Å². The van der Waals surface area contributed by atoms with Crippen LogP contribution in [0.15, 0.2) is 60.7 Å². The van der Waals surface area contributed by atoms with E-state index >= 15 is 0 Å². The number of hydrogen-bond acceptors (Lipinski definition) is 6. The molecule has 0 aliphatic carbocycles. The molecule has 1 radical (unpaired) electrons. The van der Waals surface area contributed by atoms with Crippen LogP contribution in [-0.4, -0.2) is 70.8 Å². The summed E-state index contributed by atoms with van der Waals surface area (Å²) in [6, 6.07) is 20.9. The molecule has 2 aliphatic rings. The van der Waals surface area contributed by atoms with Crippen molar-refractivity contribution in [3.63, 3.8) is 0 Å². The average Bonchev–Trinajstić information content (AvgIpc) is 2.81. The van der Waals surface area contributed by atoms with Gasteiger partial charge in [0.2, 0.25) is 0 Å². The molecule has 0 saturated carbocycles. The Balaban J connectivity index is 0.000000213. The van der Waals surface area contributed by atoms with Crippen LogP contribution in [0.25, 0.3) is 0 Å². The van der Waals surface area contributed by atoms with Crippen molar-refractivity contribution in [2.45, 2.75) is 0 Å². The van der Waals surface area contributed by atoms with Gasteiger partial charge in [0.25, 0.3) is 0 Å². The van der Waals surface area contributed by atoms with Crippen LogP contribution in [0.2, 0.25) is 0 Å². The quantitative estimate of drug-likeness (QED) is 0.330. The van der Waals surface area contributed by atoms with Crippen LogP contribution in [0.3, 0.4) is 0 Å². The third-order valence-corrected chi connectivity index (χ3v) is 6.35. The van der Waals surface area contributed by atoms with Gasteiger partial charge in [-0.15, -0.1) is 0 Å². The van der Waals surface area contributed by atoms with Crippen LogP contribution in [0.1, 0.15) is 0 Å². The minimum absolute atomic E-state index is 0. The SMILES string of the molecule is S=C([S-])N1CCN(c2ccccc2)CC1.S=C([S-])N1CCN(c2ccccc2)CC1.[Mn+2]. The van der Waals surface area contributed by atoms with Crippen molar-refractivity contribution in [1.82, 2.24) is 9.80 Å². The molecule has 4 nitrogen and oxygen atoms in total. The maximum atomic E-state index is 4.99. The maximum Gasteiger partial charge on any atom is 2.00 e. The zero-order valence-corrected chi connectivity index (χ0v) is 21.7. The summed E-state index contributed by atoms with van der Waals surface area (Å²) < 4.78 is 1.20. The Morgan fingerprint density at radius 3 is 1.10 bits per heavy atom. The fourth-order valence-electron chi connectivity index (χ4n) is 3.57. The molecule has 2 aliphatic heterocycles. The summed E-state index contributed by atoms with van der Waals surface area (Å²) in [5.41, 5.74) is 2.57. The molecule has 2 saturated heterocycles. The Kier molecular flexibility index (Phi) is 11.2. The number of para-hydroxylation sites is 2. The van der Waals surface area contributed by atoms with Crippen molar-refractivity contribution in [1.29, 1.82) is 0 Å². The number of hydrogen-bond donors (Lipinski definition) is 0. The van der Waals surface area contributed by atoms with E-state index in [0.717, 1.165) is 52.4 Å². The van der Waals surface area contributed by atoms with Crippen molar-refractivity contribution < 1.29 is 17.1 Å². The Bertz CT molecular complexity index is 739. The molecule has 31 heavy (non-hydrogen) atoms. The molecule has 9 heteroatoms. The third kappa shape index (κ3) is 8.00. The molecule has 0 unspecified atom stereocenters. The zero-order chi connectivity index (χ0) is 21.3. The second-order valence-electron chi connectivity index (χ2n) is 7.15. The number of piperazine rings is 2. The second-order valence-corrected chi connectivity index (χ2v) is 9.21. The van der Waals surface area contributed by atoms with E-state index < -0.39 is 0 Å². The van der Waals surface area contributed by atoms with E-state index in [2.05, 4.69) is 68.1 Å². The summed E-state index contributed by atoms with van der Waals surface area (Å²) in [6.45, 7) is 7.77. The Labute approximate surface area is 218 Å². The molecule has 2 aromatic carbocycles. The summed E-state index contributed by atoms with van der Waals surface area (Å²) >= 11 is 20.0. The van der Waals surface area contributed by atoms with E-state index in [1.165, 1.54) is 11.4 Å². The van der Waals surface area contributed by atoms with Crippen LogP contribution in [0.4, 0.5) is 11.4 Å². The first-order chi connectivity index (χ1) is 14.5. The predicted octanol–water partition coefficient (Wildman–Crippen LogP) is 3.28. The summed E-state index contributed by atoms with van der Waals surface area (Å²) in [5.74, 6) is 0. The molecule has 4 rings (SSSR count). The maximum absolute atomic E-state index is 4.99. The Morgan fingerprint density at radius 1 is 0.548 bits per heavy atom. The molecule has 2 aromatic rings. The third-order valence-electron chi connectivity index (χ3n) is 5.32. The zero-order valence-electron chi connectivity index (χ0n) is 17.2. The smallest absolute Gasteiger partial charge is 0.411 e. The average molecular weight is 530 g/mol. The summed E-state index contributed by atoms with van der Waals surface area (Å²) in [4.78, 5) is 8.91. The van der Waals surface area contributed by atoms with Gasteiger partial charge in [0, 0.05) is 63.7 Å². The molecular weight excluding hydrogens is 503 g/mol. The molecule has 0 N–H and O–H groups in total. The summed E-state index contributed by atoms with van der Waals surface area (Å²) in [5, 5.41) is 0. The van der Waals surface area contributed by atoms with E-state index in [9.17, 15) is 0 Å². The van der Waals surface area contributed by atoms with Crippen molar-refractivity contribution in [3.05, 3.63) is 60.7 Å². The summed E-state index contributed by atoms with van der Waals surface area (Å²) in [6.07, 6.45) is 0. The number of anilines is 2. The molecule has 0 atom stereocenters. The second kappa shape index (κ2) is 13.4. The van der Waals surface area contributed by atoms with E-state index in [4.69, 9.17) is 49.7 Å². The number of rotatable bonds is 2. The monoisotopic (exact) mass is 529 g/mol.